The first kappa shape index (κ1) is 10.6. The maximum atomic E-state index is 4.52. The molecule has 0 aromatic carbocycles. The Morgan fingerprint density at radius 1 is 1.27 bits per heavy atom. The van der Waals surface area contributed by atoms with Gasteiger partial charge in [0, 0.05) is 6.04 Å². The maximum Gasteiger partial charge on any atom is 1.00 e. The van der Waals surface area contributed by atoms with Crippen molar-refractivity contribution >= 4 is 0 Å². The van der Waals surface area contributed by atoms with Gasteiger partial charge in [0.25, 0.3) is 0 Å². The topological polar surface area (TPSA) is 17.3 Å². The van der Waals surface area contributed by atoms with Gasteiger partial charge in [0.15, 0.2) is 0 Å². The molecule has 2 atom stereocenters. The summed E-state index contributed by atoms with van der Waals surface area (Å²) in [6, 6.07) is 2.11. The second-order valence-corrected chi connectivity index (χ2v) is 3.74. The average Bonchev–Trinajstić information content (AvgIpc) is 1.86. The van der Waals surface area contributed by atoms with Crippen LogP contribution in [0.5, 0.6) is 0 Å². The molecule has 0 aromatic rings. The second-order valence-electron chi connectivity index (χ2n) is 3.74. The Balaban J connectivity index is 0.000000605. The predicted octanol–water partition coefficient (Wildman–Crippen LogP) is -1.77. The molecule has 58 valence electrons. The number of rotatable bonds is 1. The molecule has 2 nitrogen and oxygen atoms in total. The molecule has 3 heteroatoms. The molecule has 3 aliphatic heterocycles. The average molecular weight is 178 g/mol. The van der Waals surface area contributed by atoms with Crippen molar-refractivity contribution in [2.45, 2.75) is 38.4 Å². The van der Waals surface area contributed by atoms with Crippen molar-refractivity contribution in [3.63, 3.8) is 0 Å². The summed E-state index contributed by atoms with van der Waals surface area (Å²) in [7, 11) is 0. The predicted molar refractivity (Wildman–Crippen MR) is 42.3 cm³/mol. The van der Waals surface area contributed by atoms with Gasteiger partial charge in [-0.05, 0) is 26.9 Å². The number of piperidine rings is 1. The van der Waals surface area contributed by atoms with Crippen molar-refractivity contribution in [1.29, 1.82) is 0 Å². The molecule has 0 aliphatic carbocycles. The van der Waals surface area contributed by atoms with E-state index in [-0.39, 0.29) is 51.4 Å². The Kier molecular flexibility index (Phi) is 4.04. The van der Waals surface area contributed by atoms with Crippen LogP contribution in [0.15, 0.2) is 0 Å². The van der Waals surface area contributed by atoms with Gasteiger partial charge in [0.05, 0.1) is 0 Å². The first-order valence-corrected chi connectivity index (χ1v) is 4.19. The molecule has 0 radical (unpaired) electrons. The summed E-state index contributed by atoms with van der Waals surface area (Å²) in [5.41, 5.74) is 0. The SMILES string of the molecule is CC(C)N1CC2CC(C1)[N-]2.[K+]. The zero-order chi connectivity index (χ0) is 7.14. The largest absolute Gasteiger partial charge is 1.00 e. The van der Waals surface area contributed by atoms with Crippen molar-refractivity contribution in [2.24, 2.45) is 0 Å². The zero-order valence-electron chi connectivity index (χ0n) is 7.75. The number of hydrogen-bond donors (Lipinski definition) is 0. The Morgan fingerprint density at radius 2 is 1.73 bits per heavy atom. The van der Waals surface area contributed by atoms with Crippen LogP contribution in [0.25, 0.3) is 5.32 Å². The molecule has 0 spiro atoms. The fraction of sp³-hybridized carbons (Fsp3) is 1.00. The van der Waals surface area contributed by atoms with Gasteiger partial charge in [0.1, 0.15) is 0 Å². The van der Waals surface area contributed by atoms with E-state index in [1.54, 1.807) is 0 Å². The van der Waals surface area contributed by atoms with E-state index < -0.39 is 0 Å². The molecule has 0 amide bonds. The summed E-state index contributed by atoms with van der Waals surface area (Å²) < 4.78 is 0. The summed E-state index contributed by atoms with van der Waals surface area (Å²) in [6.45, 7) is 6.97. The molecule has 3 aliphatic rings. The van der Waals surface area contributed by atoms with E-state index in [2.05, 4.69) is 24.1 Å². The summed E-state index contributed by atoms with van der Waals surface area (Å²) in [4.78, 5) is 2.53. The van der Waals surface area contributed by atoms with Crippen LogP contribution in [-0.2, 0) is 0 Å². The third-order valence-electron chi connectivity index (χ3n) is 2.59. The minimum Gasteiger partial charge on any atom is -0.655 e. The molecule has 3 fully saturated rings. The number of piperazine rings is 1. The summed E-state index contributed by atoms with van der Waals surface area (Å²) in [5.74, 6) is 0. The maximum absolute atomic E-state index is 4.52. The quantitative estimate of drug-likeness (QED) is 0.434. The van der Waals surface area contributed by atoms with Gasteiger partial charge in [-0.3, -0.25) is 0 Å². The Morgan fingerprint density at radius 3 is 2.00 bits per heavy atom. The molecule has 0 aromatic heterocycles. The van der Waals surface area contributed by atoms with Crippen LogP contribution >= 0.6 is 0 Å². The molecule has 3 heterocycles. The number of fused-ring (bicyclic) bond motifs is 2. The van der Waals surface area contributed by atoms with Crippen LogP contribution in [0.4, 0.5) is 0 Å². The van der Waals surface area contributed by atoms with Gasteiger partial charge in [0.2, 0.25) is 0 Å². The summed E-state index contributed by atoms with van der Waals surface area (Å²) in [5, 5.41) is 4.52. The zero-order valence-corrected chi connectivity index (χ0v) is 10.9. The standard InChI is InChI=1S/C8H15N2.K/c1-6(2)10-4-7-3-8(5-10)9-7;/h6-8H,3-5H2,1-2H3;/q-1;+1. The van der Waals surface area contributed by atoms with E-state index in [1.165, 1.54) is 19.5 Å². The number of nitrogens with zero attached hydrogens (tertiary/aromatic N) is 2. The van der Waals surface area contributed by atoms with Gasteiger partial charge >= 0.3 is 51.4 Å². The summed E-state index contributed by atoms with van der Waals surface area (Å²) >= 11 is 0. The number of hydrogen-bond acceptors (Lipinski definition) is 1. The first-order chi connectivity index (χ1) is 4.75. The first-order valence-electron chi connectivity index (χ1n) is 4.19. The van der Waals surface area contributed by atoms with Crippen molar-refractivity contribution in [3.8, 4) is 0 Å². The fourth-order valence-electron chi connectivity index (χ4n) is 1.88. The van der Waals surface area contributed by atoms with Crippen LogP contribution < -0.4 is 51.4 Å². The fourth-order valence-corrected chi connectivity index (χ4v) is 1.88. The normalized spacial score (nSPS) is 36.3. The van der Waals surface area contributed by atoms with E-state index in [4.69, 9.17) is 0 Å². The van der Waals surface area contributed by atoms with Gasteiger partial charge < -0.3 is 10.2 Å². The van der Waals surface area contributed by atoms with Crippen LogP contribution in [-0.4, -0.2) is 36.1 Å². The van der Waals surface area contributed by atoms with Crippen molar-refractivity contribution < 1.29 is 51.4 Å². The third-order valence-corrected chi connectivity index (χ3v) is 2.59. The Labute approximate surface area is 112 Å². The monoisotopic (exact) mass is 178 g/mol. The molecule has 3 saturated heterocycles. The molecule has 3 rings (SSSR count). The van der Waals surface area contributed by atoms with Crippen LogP contribution in [0.3, 0.4) is 0 Å². The van der Waals surface area contributed by atoms with E-state index in [1.807, 2.05) is 0 Å². The Hall–Kier alpha value is 1.56. The minimum absolute atomic E-state index is 0. The van der Waals surface area contributed by atoms with Gasteiger partial charge in [-0.25, -0.2) is 0 Å². The molecule has 0 N–H and O–H groups in total. The molecule has 2 unspecified atom stereocenters. The van der Waals surface area contributed by atoms with Crippen LogP contribution in [0, 0.1) is 0 Å². The van der Waals surface area contributed by atoms with Gasteiger partial charge in [-0.1, -0.05) is 6.42 Å². The third kappa shape index (κ3) is 2.27. The van der Waals surface area contributed by atoms with Crippen molar-refractivity contribution in [1.82, 2.24) is 4.90 Å². The molecule has 2 bridgehead atoms. The molecular formula is C8H15KN2. The molecule has 11 heavy (non-hydrogen) atoms. The van der Waals surface area contributed by atoms with Gasteiger partial charge in [-0.2, -0.15) is 0 Å². The van der Waals surface area contributed by atoms with E-state index in [0.29, 0.717) is 12.1 Å². The smallest absolute Gasteiger partial charge is 0.655 e. The van der Waals surface area contributed by atoms with Crippen LogP contribution in [0.2, 0.25) is 0 Å². The van der Waals surface area contributed by atoms with Crippen LogP contribution in [0.1, 0.15) is 20.3 Å². The second kappa shape index (κ2) is 4.18. The molecular weight excluding hydrogens is 163 g/mol. The van der Waals surface area contributed by atoms with E-state index >= 15 is 0 Å². The minimum atomic E-state index is 0. The summed E-state index contributed by atoms with van der Waals surface area (Å²) in [6.07, 6.45) is 1.36. The van der Waals surface area contributed by atoms with Crippen molar-refractivity contribution in [2.75, 3.05) is 13.1 Å². The van der Waals surface area contributed by atoms with E-state index in [0.717, 1.165) is 6.04 Å². The van der Waals surface area contributed by atoms with E-state index in [9.17, 15) is 0 Å². The molecule has 0 saturated carbocycles. The van der Waals surface area contributed by atoms with Gasteiger partial charge in [-0.15, -0.1) is 12.1 Å². The Bertz CT molecular complexity index is 122. The van der Waals surface area contributed by atoms with Crippen molar-refractivity contribution in [3.05, 3.63) is 5.32 Å².